The summed E-state index contributed by atoms with van der Waals surface area (Å²) < 4.78 is 0.740. The Kier molecular flexibility index (Phi) is 4.62. The third kappa shape index (κ3) is 3.23. The first-order valence-electron chi connectivity index (χ1n) is 8.07. The highest BCUT2D eigenvalue weighted by atomic mass is 79.9. The van der Waals surface area contributed by atoms with Crippen molar-refractivity contribution in [3.8, 4) is 0 Å². The molecule has 1 unspecified atom stereocenters. The molecule has 0 saturated heterocycles. The van der Waals surface area contributed by atoms with Gasteiger partial charge in [0, 0.05) is 0 Å². The highest BCUT2D eigenvalue weighted by Crippen LogP contribution is 2.45. The Hall–Kier alpha value is -1.70. The second-order valence-corrected chi connectivity index (χ2v) is 7.99. The number of benzene rings is 2. The van der Waals surface area contributed by atoms with Crippen LogP contribution in [-0.2, 0) is 4.79 Å². The van der Waals surface area contributed by atoms with Crippen LogP contribution in [0.2, 0.25) is 0 Å². The smallest absolute Gasteiger partial charge is 0.253 e. The van der Waals surface area contributed by atoms with E-state index in [1.54, 1.807) is 5.48 Å². The van der Waals surface area contributed by atoms with Crippen molar-refractivity contribution in [2.45, 2.75) is 24.7 Å². The quantitative estimate of drug-likeness (QED) is 0.579. The normalized spacial score (nSPS) is 19.7. The third-order valence-electron chi connectivity index (χ3n) is 4.52. The van der Waals surface area contributed by atoms with Crippen LogP contribution in [0.3, 0.4) is 0 Å². The molecule has 2 aromatic rings. The van der Waals surface area contributed by atoms with Crippen LogP contribution < -0.4 is 5.48 Å². The average molecular weight is 418 g/mol. The Labute approximate surface area is 157 Å². The number of nitrogens with one attached hydrogen (secondary N) is 1. The Bertz CT molecular complexity index is 908. The van der Waals surface area contributed by atoms with Gasteiger partial charge in [-0.2, -0.15) is 0 Å². The van der Waals surface area contributed by atoms with Gasteiger partial charge in [-0.1, -0.05) is 48.2 Å². The van der Waals surface area contributed by atoms with E-state index in [2.05, 4.69) is 56.5 Å². The number of halogens is 1. The van der Waals surface area contributed by atoms with Crippen molar-refractivity contribution in [3.63, 3.8) is 0 Å². The standard InChI is InChI=1S/C18H16BrN3O2S/c19-17-16(18(21-20-17)25-9-15(23)22-24)14-8-7-11(10-5-6-10)12-3-1-2-4-13(12)14/h1-4,7-8,10,16,24H,5-6,9H2,(H,22,23). The Balaban J connectivity index is 1.73. The molecule has 4 rings (SSSR count). The van der Waals surface area contributed by atoms with Gasteiger partial charge in [0.25, 0.3) is 5.91 Å². The topological polar surface area (TPSA) is 74.0 Å². The summed E-state index contributed by atoms with van der Waals surface area (Å²) in [5.41, 5.74) is 4.19. The Morgan fingerprint density at radius 3 is 2.52 bits per heavy atom. The molecule has 0 bridgehead atoms. The largest absolute Gasteiger partial charge is 0.289 e. The van der Waals surface area contributed by atoms with Crippen molar-refractivity contribution in [1.29, 1.82) is 0 Å². The van der Waals surface area contributed by atoms with Gasteiger partial charge >= 0.3 is 0 Å². The van der Waals surface area contributed by atoms with E-state index < -0.39 is 5.91 Å². The van der Waals surface area contributed by atoms with Crippen molar-refractivity contribution in [1.82, 2.24) is 5.48 Å². The molecule has 5 nitrogen and oxygen atoms in total. The van der Waals surface area contributed by atoms with E-state index in [1.807, 2.05) is 6.07 Å². The maximum Gasteiger partial charge on any atom is 0.253 e. The van der Waals surface area contributed by atoms with E-state index in [0.717, 1.165) is 15.2 Å². The van der Waals surface area contributed by atoms with E-state index in [1.165, 1.54) is 40.9 Å². The van der Waals surface area contributed by atoms with Crippen molar-refractivity contribution < 1.29 is 10.0 Å². The van der Waals surface area contributed by atoms with Crippen LogP contribution >= 0.6 is 27.7 Å². The molecule has 1 amide bonds. The summed E-state index contributed by atoms with van der Waals surface area (Å²) in [6.45, 7) is 0. The minimum absolute atomic E-state index is 0.0969. The summed E-state index contributed by atoms with van der Waals surface area (Å²) in [7, 11) is 0. The number of amides is 1. The molecule has 7 heteroatoms. The van der Waals surface area contributed by atoms with E-state index in [-0.39, 0.29) is 11.7 Å². The second-order valence-electron chi connectivity index (χ2n) is 6.18. The summed E-state index contributed by atoms with van der Waals surface area (Å²) in [5.74, 6) is 0.202. The first kappa shape index (κ1) is 16.8. The molecule has 128 valence electrons. The van der Waals surface area contributed by atoms with Gasteiger partial charge in [0.15, 0.2) is 0 Å². The van der Waals surface area contributed by atoms with Gasteiger partial charge < -0.3 is 0 Å². The lowest BCUT2D eigenvalue weighted by Crippen LogP contribution is -2.22. The first-order valence-corrected chi connectivity index (χ1v) is 9.85. The van der Waals surface area contributed by atoms with Crippen LogP contribution in [0.1, 0.15) is 35.8 Å². The van der Waals surface area contributed by atoms with E-state index in [0.29, 0.717) is 5.92 Å². The van der Waals surface area contributed by atoms with Gasteiger partial charge in [-0.3, -0.25) is 10.0 Å². The molecule has 25 heavy (non-hydrogen) atoms. The van der Waals surface area contributed by atoms with Gasteiger partial charge in [0.2, 0.25) is 0 Å². The van der Waals surface area contributed by atoms with Crippen LogP contribution in [-0.4, -0.2) is 26.5 Å². The van der Waals surface area contributed by atoms with Crippen molar-refractivity contribution in [3.05, 3.63) is 47.5 Å². The van der Waals surface area contributed by atoms with Crippen LogP contribution in [0.4, 0.5) is 0 Å². The first-order chi connectivity index (χ1) is 12.2. The zero-order chi connectivity index (χ0) is 17.4. The molecular formula is C18H16BrN3O2S. The fraction of sp³-hybridized carbons (Fsp3) is 0.278. The number of hydroxylamine groups is 1. The molecule has 2 aliphatic rings. The average Bonchev–Trinajstić information content (AvgIpc) is 3.42. The fourth-order valence-electron chi connectivity index (χ4n) is 3.21. The van der Waals surface area contributed by atoms with Crippen LogP contribution in [0.25, 0.3) is 10.8 Å². The molecule has 1 atom stereocenters. The van der Waals surface area contributed by atoms with Gasteiger partial charge in [-0.15, -0.1) is 10.2 Å². The molecule has 1 saturated carbocycles. The van der Waals surface area contributed by atoms with Gasteiger partial charge in [0.1, 0.15) is 9.66 Å². The molecule has 0 aromatic heterocycles. The number of carbonyl (C=O) groups excluding carboxylic acids is 1. The summed E-state index contributed by atoms with van der Waals surface area (Å²) in [6.07, 6.45) is 2.52. The van der Waals surface area contributed by atoms with Crippen LogP contribution in [0.15, 0.2) is 46.6 Å². The molecule has 1 aliphatic heterocycles. The SMILES string of the molecule is O=C(CSC1=NN=C(Br)C1c1ccc(C2CC2)c2ccccc12)NO. The third-order valence-corrected chi connectivity index (χ3v) is 6.16. The summed E-state index contributed by atoms with van der Waals surface area (Å²) >= 11 is 4.81. The van der Waals surface area contributed by atoms with Crippen molar-refractivity contribution in [2.24, 2.45) is 10.2 Å². The molecule has 0 radical (unpaired) electrons. The lowest BCUT2D eigenvalue weighted by atomic mass is 9.91. The monoisotopic (exact) mass is 417 g/mol. The number of hydrogen-bond donors (Lipinski definition) is 2. The predicted molar refractivity (Wildman–Crippen MR) is 105 cm³/mol. The Morgan fingerprint density at radius 1 is 1.16 bits per heavy atom. The van der Waals surface area contributed by atoms with E-state index in [9.17, 15) is 4.79 Å². The zero-order valence-corrected chi connectivity index (χ0v) is 15.7. The summed E-state index contributed by atoms with van der Waals surface area (Å²) in [5, 5.41) is 20.3. The lowest BCUT2D eigenvalue weighted by molar-refractivity contribution is -0.126. The van der Waals surface area contributed by atoms with Gasteiger partial charge in [-0.25, -0.2) is 5.48 Å². The molecule has 0 spiro atoms. The number of rotatable bonds is 4. The highest BCUT2D eigenvalue weighted by molar-refractivity contribution is 9.18. The van der Waals surface area contributed by atoms with E-state index in [4.69, 9.17) is 5.21 Å². The van der Waals surface area contributed by atoms with Crippen molar-refractivity contribution in [2.75, 3.05) is 5.75 Å². The maximum atomic E-state index is 11.3. The van der Waals surface area contributed by atoms with Gasteiger partial charge in [0.05, 0.1) is 11.7 Å². The molecule has 1 heterocycles. The molecule has 2 aromatic carbocycles. The minimum Gasteiger partial charge on any atom is -0.289 e. The van der Waals surface area contributed by atoms with Crippen LogP contribution in [0, 0.1) is 0 Å². The highest BCUT2D eigenvalue weighted by Gasteiger charge is 2.32. The van der Waals surface area contributed by atoms with Gasteiger partial charge in [-0.05, 0) is 56.6 Å². The predicted octanol–water partition coefficient (Wildman–Crippen LogP) is 4.16. The number of nitrogens with zero attached hydrogens (tertiary/aromatic N) is 2. The zero-order valence-electron chi connectivity index (χ0n) is 13.3. The second kappa shape index (κ2) is 6.90. The molecule has 2 N–H and O–H groups in total. The number of carbonyl (C=O) groups is 1. The van der Waals surface area contributed by atoms with Crippen LogP contribution in [0.5, 0.6) is 0 Å². The summed E-state index contributed by atoms with van der Waals surface area (Å²) in [6, 6.07) is 12.8. The number of fused-ring (bicyclic) bond motifs is 1. The number of thioether (sulfide) groups is 1. The number of hydrogen-bond acceptors (Lipinski definition) is 5. The summed E-state index contributed by atoms with van der Waals surface area (Å²) in [4.78, 5) is 11.3. The molecule has 1 aliphatic carbocycles. The Morgan fingerprint density at radius 2 is 1.84 bits per heavy atom. The maximum absolute atomic E-state index is 11.3. The molecular weight excluding hydrogens is 402 g/mol. The fourth-order valence-corrected chi connectivity index (χ4v) is 4.75. The lowest BCUT2D eigenvalue weighted by Gasteiger charge is -2.17. The molecule has 1 fully saturated rings. The van der Waals surface area contributed by atoms with E-state index >= 15 is 0 Å². The van der Waals surface area contributed by atoms with Crippen molar-refractivity contribution >= 4 is 54.0 Å². The minimum atomic E-state index is -0.455.